The van der Waals surface area contributed by atoms with Crippen LogP contribution >= 0.6 is 0 Å². The van der Waals surface area contributed by atoms with E-state index in [1.807, 2.05) is 12.1 Å². The van der Waals surface area contributed by atoms with Crippen molar-refractivity contribution in [3.8, 4) is 0 Å². The first-order valence-electron chi connectivity index (χ1n) is 7.99. The van der Waals surface area contributed by atoms with E-state index in [4.69, 9.17) is 5.73 Å². The zero-order valence-electron chi connectivity index (χ0n) is 13.5. The molecule has 2 rings (SSSR count). The molecule has 0 radical (unpaired) electrons. The summed E-state index contributed by atoms with van der Waals surface area (Å²) in [6, 6.07) is 8.09. The SMILES string of the molecule is CC1(C(=O)Nc2ccc(C(C)(C)CN)cc2)CCCCC1. The van der Waals surface area contributed by atoms with Gasteiger partial charge in [-0.1, -0.05) is 52.2 Å². The second kappa shape index (κ2) is 6.18. The number of nitrogens with one attached hydrogen (secondary N) is 1. The number of carbonyl (C=O) groups excluding carboxylic acids is 1. The number of anilines is 1. The Bertz CT molecular complexity index is 484. The van der Waals surface area contributed by atoms with Gasteiger partial charge in [0.25, 0.3) is 0 Å². The maximum Gasteiger partial charge on any atom is 0.230 e. The van der Waals surface area contributed by atoms with Crippen LogP contribution in [0.25, 0.3) is 0 Å². The van der Waals surface area contributed by atoms with Crippen LogP contribution < -0.4 is 11.1 Å². The Labute approximate surface area is 128 Å². The van der Waals surface area contributed by atoms with Crippen LogP contribution in [-0.4, -0.2) is 12.5 Å². The summed E-state index contributed by atoms with van der Waals surface area (Å²) in [5.74, 6) is 0.160. The Morgan fingerprint density at radius 1 is 1.19 bits per heavy atom. The van der Waals surface area contributed by atoms with Crippen molar-refractivity contribution in [3.05, 3.63) is 29.8 Å². The highest BCUT2D eigenvalue weighted by atomic mass is 16.2. The van der Waals surface area contributed by atoms with Gasteiger partial charge in [-0.15, -0.1) is 0 Å². The molecule has 1 aromatic rings. The monoisotopic (exact) mass is 288 g/mol. The van der Waals surface area contributed by atoms with E-state index >= 15 is 0 Å². The van der Waals surface area contributed by atoms with Crippen LogP contribution in [0, 0.1) is 5.41 Å². The minimum absolute atomic E-state index is 0.0299. The maximum absolute atomic E-state index is 12.5. The molecule has 0 spiro atoms. The van der Waals surface area contributed by atoms with Gasteiger partial charge in [-0.3, -0.25) is 4.79 Å². The molecule has 0 saturated heterocycles. The molecule has 116 valence electrons. The van der Waals surface area contributed by atoms with Crippen molar-refractivity contribution in [2.24, 2.45) is 11.1 Å². The lowest BCUT2D eigenvalue weighted by Crippen LogP contribution is -2.35. The summed E-state index contributed by atoms with van der Waals surface area (Å²) in [7, 11) is 0. The van der Waals surface area contributed by atoms with Gasteiger partial charge >= 0.3 is 0 Å². The van der Waals surface area contributed by atoms with Gasteiger partial charge in [-0.05, 0) is 30.5 Å². The zero-order chi connectivity index (χ0) is 15.5. The minimum atomic E-state index is -0.201. The molecule has 0 aliphatic heterocycles. The van der Waals surface area contributed by atoms with Crippen molar-refractivity contribution in [3.63, 3.8) is 0 Å². The molecule has 0 unspecified atom stereocenters. The molecule has 1 aromatic carbocycles. The topological polar surface area (TPSA) is 55.1 Å². The van der Waals surface area contributed by atoms with Crippen LogP contribution in [0.15, 0.2) is 24.3 Å². The van der Waals surface area contributed by atoms with Crippen LogP contribution in [-0.2, 0) is 10.2 Å². The number of hydrogen-bond donors (Lipinski definition) is 2. The molecule has 1 fully saturated rings. The third-order valence-electron chi connectivity index (χ3n) is 4.94. The first kappa shape index (κ1) is 16.0. The van der Waals surface area contributed by atoms with Crippen LogP contribution in [0.2, 0.25) is 0 Å². The van der Waals surface area contributed by atoms with Gasteiger partial charge in [-0.25, -0.2) is 0 Å². The molecular weight excluding hydrogens is 260 g/mol. The Morgan fingerprint density at radius 3 is 2.29 bits per heavy atom. The van der Waals surface area contributed by atoms with Gasteiger partial charge in [0, 0.05) is 23.1 Å². The third-order valence-corrected chi connectivity index (χ3v) is 4.94. The van der Waals surface area contributed by atoms with Gasteiger partial charge < -0.3 is 11.1 Å². The quantitative estimate of drug-likeness (QED) is 0.884. The summed E-state index contributed by atoms with van der Waals surface area (Å²) >= 11 is 0. The minimum Gasteiger partial charge on any atom is -0.330 e. The van der Waals surface area contributed by atoms with Crippen LogP contribution in [0.1, 0.15) is 58.4 Å². The molecular formula is C18H28N2O. The normalized spacial score (nSPS) is 18.3. The van der Waals surface area contributed by atoms with Crippen molar-refractivity contribution in [2.75, 3.05) is 11.9 Å². The van der Waals surface area contributed by atoms with E-state index < -0.39 is 0 Å². The van der Waals surface area contributed by atoms with Gasteiger partial charge in [0.2, 0.25) is 5.91 Å². The molecule has 3 N–H and O–H groups in total. The summed E-state index contributed by atoms with van der Waals surface area (Å²) < 4.78 is 0. The van der Waals surface area contributed by atoms with E-state index in [9.17, 15) is 4.79 Å². The molecule has 0 aromatic heterocycles. The average molecular weight is 288 g/mol. The molecule has 21 heavy (non-hydrogen) atoms. The molecule has 1 amide bonds. The van der Waals surface area contributed by atoms with Crippen molar-refractivity contribution in [2.45, 2.75) is 58.3 Å². The Hall–Kier alpha value is -1.35. The van der Waals surface area contributed by atoms with Crippen LogP contribution in [0.5, 0.6) is 0 Å². The zero-order valence-corrected chi connectivity index (χ0v) is 13.5. The van der Waals surface area contributed by atoms with Gasteiger partial charge in [0.15, 0.2) is 0 Å². The number of hydrogen-bond acceptors (Lipinski definition) is 2. The second-order valence-electron chi connectivity index (χ2n) is 7.24. The Morgan fingerprint density at radius 2 is 1.76 bits per heavy atom. The van der Waals surface area contributed by atoms with E-state index in [1.165, 1.54) is 12.0 Å². The van der Waals surface area contributed by atoms with E-state index in [1.54, 1.807) is 0 Å². The van der Waals surface area contributed by atoms with E-state index in [0.717, 1.165) is 31.4 Å². The van der Waals surface area contributed by atoms with Crippen molar-refractivity contribution < 1.29 is 4.79 Å². The smallest absolute Gasteiger partial charge is 0.230 e. The molecule has 0 heterocycles. The fraction of sp³-hybridized carbons (Fsp3) is 0.611. The highest BCUT2D eigenvalue weighted by Gasteiger charge is 2.34. The second-order valence-corrected chi connectivity index (χ2v) is 7.24. The molecule has 3 nitrogen and oxygen atoms in total. The number of nitrogens with two attached hydrogens (primary N) is 1. The largest absolute Gasteiger partial charge is 0.330 e. The summed E-state index contributed by atoms with van der Waals surface area (Å²) in [5.41, 5.74) is 7.65. The number of benzene rings is 1. The predicted molar refractivity (Wildman–Crippen MR) is 88.3 cm³/mol. The van der Waals surface area contributed by atoms with Crippen LogP contribution in [0.3, 0.4) is 0 Å². The van der Waals surface area contributed by atoms with Crippen molar-refractivity contribution in [1.82, 2.24) is 0 Å². The molecule has 3 heteroatoms. The lowest BCUT2D eigenvalue weighted by atomic mass is 9.75. The van der Waals surface area contributed by atoms with E-state index in [-0.39, 0.29) is 16.7 Å². The van der Waals surface area contributed by atoms with Gasteiger partial charge in [0.1, 0.15) is 0 Å². The van der Waals surface area contributed by atoms with Crippen molar-refractivity contribution >= 4 is 11.6 Å². The highest BCUT2D eigenvalue weighted by Crippen LogP contribution is 2.36. The predicted octanol–water partition coefficient (Wildman–Crippen LogP) is 3.83. The molecule has 1 aliphatic carbocycles. The van der Waals surface area contributed by atoms with Crippen LogP contribution in [0.4, 0.5) is 5.69 Å². The van der Waals surface area contributed by atoms with Gasteiger partial charge in [0.05, 0.1) is 0 Å². The fourth-order valence-corrected chi connectivity index (χ4v) is 2.96. The van der Waals surface area contributed by atoms with E-state index in [0.29, 0.717) is 6.54 Å². The fourth-order valence-electron chi connectivity index (χ4n) is 2.96. The maximum atomic E-state index is 12.5. The first-order valence-corrected chi connectivity index (χ1v) is 7.99. The van der Waals surface area contributed by atoms with Gasteiger partial charge in [-0.2, -0.15) is 0 Å². The average Bonchev–Trinajstić information content (AvgIpc) is 2.48. The summed E-state index contributed by atoms with van der Waals surface area (Å²) in [4.78, 5) is 12.5. The summed E-state index contributed by atoms with van der Waals surface area (Å²) in [5, 5.41) is 3.08. The first-order chi connectivity index (χ1) is 9.87. The standard InChI is InChI=1S/C18H28N2O/c1-17(2,13-19)14-7-9-15(10-8-14)20-16(21)18(3)11-5-4-6-12-18/h7-10H,4-6,11-13,19H2,1-3H3,(H,20,21). The lowest BCUT2D eigenvalue weighted by Gasteiger charge is -2.32. The molecule has 1 saturated carbocycles. The third kappa shape index (κ3) is 3.65. The Kier molecular flexibility index (Phi) is 4.72. The summed E-state index contributed by atoms with van der Waals surface area (Å²) in [6.07, 6.45) is 5.57. The Balaban J connectivity index is 2.05. The van der Waals surface area contributed by atoms with E-state index in [2.05, 4.69) is 38.2 Å². The molecule has 1 aliphatic rings. The summed E-state index contributed by atoms with van der Waals surface area (Å²) in [6.45, 7) is 6.96. The number of rotatable bonds is 4. The molecule has 0 bridgehead atoms. The molecule has 0 atom stereocenters. The number of carbonyl (C=O) groups is 1. The lowest BCUT2D eigenvalue weighted by molar-refractivity contribution is -0.126. The highest BCUT2D eigenvalue weighted by molar-refractivity contribution is 5.95. The number of amides is 1. The van der Waals surface area contributed by atoms with Crippen molar-refractivity contribution in [1.29, 1.82) is 0 Å².